The van der Waals surface area contributed by atoms with E-state index < -0.39 is 0 Å². The van der Waals surface area contributed by atoms with Crippen LogP contribution in [0.2, 0.25) is 0 Å². The van der Waals surface area contributed by atoms with Gasteiger partial charge in [-0.2, -0.15) is 0 Å². The second-order valence-corrected chi connectivity index (χ2v) is 5.07. The molecule has 0 radical (unpaired) electrons. The van der Waals surface area contributed by atoms with Crippen LogP contribution >= 0.6 is 0 Å². The van der Waals surface area contributed by atoms with Gasteiger partial charge >= 0.3 is 0 Å². The van der Waals surface area contributed by atoms with Crippen molar-refractivity contribution >= 4 is 11.0 Å². The Morgan fingerprint density at radius 2 is 2.00 bits per heavy atom. The van der Waals surface area contributed by atoms with Crippen LogP contribution in [0, 0.1) is 12.7 Å². The standard InChI is InChI=1S/C17H16FNO/c1-11-6-7-13(18)8-12(11)9-16(19)15-10-20-17-5-3-2-4-14(15)17/h2-8,10,16H,9,19H2,1H3. The molecule has 20 heavy (non-hydrogen) atoms. The predicted octanol–water partition coefficient (Wildman–Crippen LogP) is 4.12. The molecule has 0 saturated carbocycles. The highest BCUT2D eigenvalue weighted by atomic mass is 19.1. The van der Waals surface area contributed by atoms with Gasteiger partial charge < -0.3 is 10.2 Å². The van der Waals surface area contributed by atoms with E-state index in [-0.39, 0.29) is 11.9 Å². The molecule has 3 aromatic rings. The summed E-state index contributed by atoms with van der Waals surface area (Å²) in [4.78, 5) is 0. The van der Waals surface area contributed by atoms with Crippen molar-refractivity contribution in [3.05, 3.63) is 71.2 Å². The Kier molecular flexibility index (Phi) is 3.28. The minimum atomic E-state index is -0.227. The lowest BCUT2D eigenvalue weighted by molar-refractivity contribution is 0.597. The predicted molar refractivity (Wildman–Crippen MR) is 78.0 cm³/mol. The fourth-order valence-electron chi connectivity index (χ4n) is 2.49. The maximum absolute atomic E-state index is 13.3. The van der Waals surface area contributed by atoms with Crippen LogP contribution in [0.5, 0.6) is 0 Å². The van der Waals surface area contributed by atoms with E-state index in [1.165, 1.54) is 6.07 Å². The van der Waals surface area contributed by atoms with Crippen LogP contribution in [-0.2, 0) is 6.42 Å². The van der Waals surface area contributed by atoms with Crippen LogP contribution in [0.1, 0.15) is 22.7 Å². The number of hydrogen-bond donors (Lipinski definition) is 1. The SMILES string of the molecule is Cc1ccc(F)cc1CC(N)c1coc2ccccc12. The van der Waals surface area contributed by atoms with Crippen LogP contribution in [0.15, 0.2) is 53.1 Å². The van der Waals surface area contributed by atoms with Crippen molar-refractivity contribution < 1.29 is 8.81 Å². The summed E-state index contributed by atoms with van der Waals surface area (Å²) < 4.78 is 18.8. The highest BCUT2D eigenvalue weighted by Gasteiger charge is 2.14. The third-order valence-corrected chi connectivity index (χ3v) is 3.66. The molecule has 0 saturated heterocycles. The van der Waals surface area contributed by atoms with E-state index in [2.05, 4.69) is 0 Å². The van der Waals surface area contributed by atoms with E-state index in [0.717, 1.165) is 27.7 Å². The molecule has 102 valence electrons. The number of furan rings is 1. The highest BCUT2D eigenvalue weighted by Crippen LogP contribution is 2.27. The summed E-state index contributed by atoms with van der Waals surface area (Å²) in [6.45, 7) is 1.97. The van der Waals surface area contributed by atoms with Gasteiger partial charge in [-0.1, -0.05) is 24.3 Å². The second kappa shape index (κ2) is 5.10. The minimum absolute atomic E-state index is 0.209. The summed E-state index contributed by atoms with van der Waals surface area (Å²) in [5.74, 6) is -0.227. The van der Waals surface area contributed by atoms with E-state index in [4.69, 9.17) is 10.2 Å². The zero-order valence-corrected chi connectivity index (χ0v) is 11.3. The molecule has 0 bridgehead atoms. The van der Waals surface area contributed by atoms with Crippen molar-refractivity contribution in [2.24, 2.45) is 5.73 Å². The van der Waals surface area contributed by atoms with Crippen LogP contribution in [0.3, 0.4) is 0 Å². The molecule has 1 atom stereocenters. The van der Waals surface area contributed by atoms with E-state index in [9.17, 15) is 4.39 Å². The zero-order chi connectivity index (χ0) is 14.1. The van der Waals surface area contributed by atoms with Gasteiger partial charge in [0.25, 0.3) is 0 Å². The molecule has 0 fully saturated rings. The lowest BCUT2D eigenvalue weighted by atomic mass is 9.96. The number of nitrogens with two attached hydrogens (primary N) is 1. The van der Waals surface area contributed by atoms with Crippen molar-refractivity contribution in [2.75, 3.05) is 0 Å². The van der Waals surface area contributed by atoms with E-state index in [1.807, 2.05) is 31.2 Å². The molecule has 2 aromatic carbocycles. The Morgan fingerprint density at radius 1 is 1.20 bits per heavy atom. The van der Waals surface area contributed by atoms with Gasteiger partial charge in [0.1, 0.15) is 11.4 Å². The second-order valence-electron chi connectivity index (χ2n) is 5.07. The molecule has 0 amide bonds. The summed E-state index contributed by atoms with van der Waals surface area (Å²) in [5.41, 5.74) is 10.0. The zero-order valence-electron chi connectivity index (χ0n) is 11.3. The fourth-order valence-corrected chi connectivity index (χ4v) is 2.49. The molecule has 1 aromatic heterocycles. The molecule has 1 heterocycles. The fraction of sp³-hybridized carbons (Fsp3) is 0.176. The summed E-state index contributed by atoms with van der Waals surface area (Å²) in [5, 5.41) is 1.02. The van der Waals surface area contributed by atoms with Crippen molar-refractivity contribution in [2.45, 2.75) is 19.4 Å². The van der Waals surface area contributed by atoms with Gasteiger partial charge in [0.15, 0.2) is 0 Å². The Labute approximate surface area is 117 Å². The highest BCUT2D eigenvalue weighted by molar-refractivity contribution is 5.81. The van der Waals surface area contributed by atoms with E-state index in [0.29, 0.717) is 6.42 Å². The van der Waals surface area contributed by atoms with Crippen molar-refractivity contribution in [1.29, 1.82) is 0 Å². The van der Waals surface area contributed by atoms with Crippen LogP contribution in [0.25, 0.3) is 11.0 Å². The van der Waals surface area contributed by atoms with E-state index in [1.54, 1.807) is 18.4 Å². The topological polar surface area (TPSA) is 39.2 Å². The Balaban J connectivity index is 1.93. The molecule has 1 unspecified atom stereocenters. The van der Waals surface area contributed by atoms with Gasteiger partial charge in [-0.25, -0.2) is 4.39 Å². The maximum atomic E-state index is 13.3. The Morgan fingerprint density at radius 3 is 2.85 bits per heavy atom. The first-order chi connectivity index (χ1) is 9.65. The minimum Gasteiger partial charge on any atom is -0.464 e. The molecule has 3 rings (SSSR count). The van der Waals surface area contributed by atoms with Gasteiger partial charge in [0, 0.05) is 17.0 Å². The first-order valence-corrected chi connectivity index (χ1v) is 6.62. The van der Waals surface area contributed by atoms with Crippen molar-refractivity contribution in [3.63, 3.8) is 0 Å². The van der Waals surface area contributed by atoms with Gasteiger partial charge in [0.05, 0.1) is 6.26 Å². The summed E-state index contributed by atoms with van der Waals surface area (Å²) >= 11 is 0. The number of hydrogen-bond acceptors (Lipinski definition) is 2. The third-order valence-electron chi connectivity index (χ3n) is 3.66. The third kappa shape index (κ3) is 2.32. The van der Waals surface area contributed by atoms with Gasteiger partial charge in [-0.15, -0.1) is 0 Å². The van der Waals surface area contributed by atoms with Crippen molar-refractivity contribution in [3.8, 4) is 0 Å². The average Bonchev–Trinajstić information content (AvgIpc) is 2.87. The molecular weight excluding hydrogens is 253 g/mol. The smallest absolute Gasteiger partial charge is 0.134 e. The Bertz CT molecular complexity index is 748. The van der Waals surface area contributed by atoms with Crippen LogP contribution < -0.4 is 5.73 Å². The summed E-state index contributed by atoms with van der Waals surface area (Å²) in [6, 6.07) is 12.4. The normalized spacial score (nSPS) is 12.8. The molecule has 0 aliphatic rings. The average molecular weight is 269 g/mol. The molecular formula is C17H16FNO. The summed E-state index contributed by atoms with van der Waals surface area (Å²) in [7, 11) is 0. The van der Waals surface area contributed by atoms with Crippen molar-refractivity contribution in [1.82, 2.24) is 0 Å². The lowest BCUT2D eigenvalue weighted by Gasteiger charge is -2.12. The largest absolute Gasteiger partial charge is 0.464 e. The summed E-state index contributed by atoms with van der Waals surface area (Å²) in [6.07, 6.45) is 2.29. The maximum Gasteiger partial charge on any atom is 0.134 e. The number of fused-ring (bicyclic) bond motifs is 1. The first-order valence-electron chi connectivity index (χ1n) is 6.62. The monoisotopic (exact) mass is 269 g/mol. The molecule has 3 heteroatoms. The van der Waals surface area contributed by atoms with E-state index >= 15 is 0 Å². The van der Waals surface area contributed by atoms with Crippen LogP contribution in [0.4, 0.5) is 4.39 Å². The molecule has 0 aliphatic carbocycles. The first kappa shape index (κ1) is 12.9. The number of halogens is 1. The Hall–Kier alpha value is -2.13. The number of rotatable bonds is 3. The number of para-hydroxylation sites is 1. The molecule has 0 aliphatic heterocycles. The quantitative estimate of drug-likeness (QED) is 0.776. The molecule has 0 spiro atoms. The molecule has 2 N–H and O–H groups in total. The van der Waals surface area contributed by atoms with Crippen LogP contribution in [-0.4, -0.2) is 0 Å². The van der Waals surface area contributed by atoms with Gasteiger partial charge in [-0.05, 0) is 42.7 Å². The van der Waals surface area contributed by atoms with Gasteiger partial charge in [-0.3, -0.25) is 0 Å². The number of benzene rings is 2. The molecule has 2 nitrogen and oxygen atoms in total. The van der Waals surface area contributed by atoms with Gasteiger partial charge in [0.2, 0.25) is 0 Å². The number of aryl methyl sites for hydroxylation is 1. The lowest BCUT2D eigenvalue weighted by Crippen LogP contribution is -2.13.